The maximum Gasteiger partial charge on any atom is 0.146 e. The van der Waals surface area contributed by atoms with Crippen LogP contribution in [0.2, 0.25) is 0 Å². The second-order valence-corrected chi connectivity index (χ2v) is 6.31. The Morgan fingerprint density at radius 2 is 2.09 bits per heavy atom. The molecular weight excluding hydrogens is 295 g/mol. The van der Waals surface area contributed by atoms with Gasteiger partial charge in [-0.1, -0.05) is 12.1 Å². The molecule has 0 bridgehead atoms. The lowest BCUT2D eigenvalue weighted by Gasteiger charge is -2.31. The molecule has 2 N–H and O–H groups in total. The number of nitrogens with one attached hydrogen (secondary N) is 1. The van der Waals surface area contributed by atoms with Crippen molar-refractivity contribution in [1.82, 2.24) is 5.32 Å². The average molecular weight is 320 g/mol. The van der Waals surface area contributed by atoms with Crippen molar-refractivity contribution in [3.8, 4) is 0 Å². The molecule has 4 nitrogen and oxygen atoms in total. The number of benzene rings is 1. The number of hydrogen-bond acceptors (Lipinski definition) is 4. The lowest BCUT2D eigenvalue weighted by molar-refractivity contribution is 0.145. The average Bonchev–Trinajstić information content (AvgIpc) is 2.57. The number of hydrogen-bond donors (Lipinski definition) is 2. The van der Waals surface area contributed by atoms with Crippen molar-refractivity contribution in [2.45, 2.75) is 31.9 Å². The van der Waals surface area contributed by atoms with Crippen LogP contribution in [-0.4, -0.2) is 44.1 Å². The SMILES string of the molecule is OC1CCN(c2ccc(CNCC3=CCCOC3)cc2F)CC1. The van der Waals surface area contributed by atoms with E-state index in [1.807, 2.05) is 17.0 Å². The molecule has 0 aromatic heterocycles. The zero-order valence-electron chi connectivity index (χ0n) is 13.4. The predicted octanol–water partition coefficient (Wildman–Crippen LogP) is 2.22. The maximum atomic E-state index is 14.4. The Morgan fingerprint density at radius 1 is 1.26 bits per heavy atom. The minimum atomic E-state index is -0.240. The van der Waals surface area contributed by atoms with Gasteiger partial charge >= 0.3 is 0 Å². The van der Waals surface area contributed by atoms with E-state index in [2.05, 4.69) is 11.4 Å². The van der Waals surface area contributed by atoms with E-state index in [9.17, 15) is 9.50 Å². The van der Waals surface area contributed by atoms with Crippen molar-refractivity contribution in [3.05, 3.63) is 41.2 Å². The van der Waals surface area contributed by atoms with E-state index >= 15 is 0 Å². The molecule has 126 valence electrons. The van der Waals surface area contributed by atoms with Crippen LogP contribution < -0.4 is 10.2 Å². The van der Waals surface area contributed by atoms with E-state index in [0.29, 0.717) is 44.8 Å². The van der Waals surface area contributed by atoms with Crippen LogP contribution in [0, 0.1) is 5.82 Å². The lowest BCUT2D eigenvalue weighted by atomic mass is 10.1. The van der Waals surface area contributed by atoms with E-state index < -0.39 is 0 Å². The molecule has 3 rings (SSSR count). The van der Waals surface area contributed by atoms with Crippen LogP contribution in [0.4, 0.5) is 10.1 Å². The Hall–Kier alpha value is -1.43. The van der Waals surface area contributed by atoms with Crippen molar-refractivity contribution in [2.75, 3.05) is 37.7 Å². The number of aliphatic hydroxyl groups is 1. The van der Waals surface area contributed by atoms with Crippen LogP contribution in [0.5, 0.6) is 0 Å². The fraction of sp³-hybridized carbons (Fsp3) is 0.556. The summed E-state index contributed by atoms with van der Waals surface area (Å²) in [6.45, 7) is 4.36. The Labute approximate surface area is 136 Å². The standard InChI is InChI=1S/C18H25FN2O2/c19-17-10-14(11-20-12-15-2-1-9-23-13-15)3-4-18(17)21-7-5-16(22)6-8-21/h2-4,10,16,20,22H,1,5-9,11-13H2. The van der Waals surface area contributed by atoms with Crippen molar-refractivity contribution >= 4 is 5.69 Å². The van der Waals surface area contributed by atoms with E-state index in [4.69, 9.17) is 4.74 Å². The quantitative estimate of drug-likeness (QED) is 0.817. The predicted molar refractivity (Wildman–Crippen MR) is 89.1 cm³/mol. The van der Waals surface area contributed by atoms with Gasteiger partial charge in [-0.15, -0.1) is 0 Å². The maximum absolute atomic E-state index is 14.4. The van der Waals surface area contributed by atoms with Gasteiger partial charge < -0.3 is 20.1 Å². The summed E-state index contributed by atoms with van der Waals surface area (Å²) in [6, 6.07) is 5.44. The second kappa shape index (κ2) is 7.90. The summed E-state index contributed by atoms with van der Waals surface area (Å²) >= 11 is 0. The Balaban J connectivity index is 1.53. The number of nitrogens with zero attached hydrogens (tertiary/aromatic N) is 1. The molecule has 2 aliphatic heterocycles. The third-order valence-corrected chi connectivity index (χ3v) is 4.48. The first-order chi connectivity index (χ1) is 11.2. The smallest absolute Gasteiger partial charge is 0.146 e. The number of halogens is 1. The highest BCUT2D eigenvalue weighted by Gasteiger charge is 2.19. The van der Waals surface area contributed by atoms with Gasteiger partial charge in [0.2, 0.25) is 0 Å². The molecule has 2 aliphatic rings. The van der Waals surface area contributed by atoms with Crippen molar-refractivity contribution in [2.24, 2.45) is 0 Å². The molecule has 0 unspecified atom stereocenters. The number of ether oxygens (including phenoxy) is 1. The summed E-state index contributed by atoms with van der Waals surface area (Å²) in [5, 5.41) is 12.9. The fourth-order valence-corrected chi connectivity index (χ4v) is 3.12. The largest absolute Gasteiger partial charge is 0.393 e. The highest BCUT2D eigenvalue weighted by molar-refractivity contribution is 5.49. The topological polar surface area (TPSA) is 44.7 Å². The molecule has 0 spiro atoms. The molecule has 0 atom stereocenters. The summed E-state index contributed by atoms with van der Waals surface area (Å²) < 4.78 is 19.8. The molecule has 0 saturated carbocycles. The highest BCUT2D eigenvalue weighted by atomic mass is 19.1. The van der Waals surface area contributed by atoms with Gasteiger partial charge in [0.15, 0.2) is 0 Å². The summed E-state index contributed by atoms with van der Waals surface area (Å²) in [5.74, 6) is -0.180. The van der Waals surface area contributed by atoms with Gasteiger partial charge in [0.1, 0.15) is 5.82 Å². The zero-order chi connectivity index (χ0) is 16.1. The first-order valence-electron chi connectivity index (χ1n) is 8.40. The molecular formula is C18H25FN2O2. The Kier molecular flexibility index (Phi) is 5.65. The van der Waals surface area contributed by atoms with Crippen LogP contribution in [-0.2, 0) is 11.3 Å². The summed E-state index contributed by atoms with van der Waals surface area (Å²) in [7, 11) is 0. The number of piperidine rings is 1. The molecule has 23 heavy (non-hydrogen) atoms. The van der Waals surface area contributed by atoms with Gasteiger partial charge in [0, 0.05) is 26.2 Å². The molecule has 0 radical (unpaired) electrons. The fourth-order valence-electron chi connectivity index (χ4n) is 3.12. The third-order valence-electron chi connectivity index (χ3n) is 4.48. The number of aliphatic hydroxyl groups excluding tert-OH is 1. The Bertz CT molecular complexity index is 554. The van der Waals surface area contributed by atoms with E-state index in [1.54, 1.807) is 6.07 Å². The summed E-state index contributed by atoms with van der Waals surface area (Å²) in [4.78, 5) is 2.02. The molecule has 0 aliphatic carbocycles. The number of anilines is 1. The molecule has 1 aromatic rings. The minimum Gasteiger partial charge on any atom is -0.393 e. The first-order valence-corrected chi connectivity index (χ1v) is 8.40. The summed E-state index contributed by atoms with van der Waals surface area (Å²) in [5.41, 5.74) is 2.85. The molecule has 0 amide bonds. The van der Waals surface area contributed by atoms with Gasteiger partial charge in [0.25, 0.3) is 0 Å². The lowest BCUT2D eigenvalue weighted by Crippen LogP contribution is -2.36. The van der Waals surface area contributed by atoms with Crippen LogP contribution in [0.15, 0.2) is 29.8 Å². The van der Waals surface area contributed by atoms with Crippen LogP contribution in [0.1, 0.15) is 24.8 Å². The molecule has 1 fully saturated rings. The normalized spacial score (nSPS) is 19.7. The second-order valence-electron chi connectivity index (χ2n) is 6.31. The van der Waals surface area contributed by atoms with Crippen LogP contribution in [0.3, 0.4) is 0 Å². The van der Waals surface area contributed by atoms with Gasteiger partial charge in [-0.2, -0.15) is 0 Å². The van der Waals surface area contributed by atoms with Crippen LogP contribution in [0.25, 0.3) is 0 Å². The van der Waals surface area contributed by atoms with Crippen molar-refractivity contribution in [1.29, 1.82) is 0 Å². The van der Waals surface area contributed by atoms with Crippen molar-refractivity contribution in [3.63, 3.8) is 0 Å². The Morgan fingerprint density at radius 3 is 2.78 bits per heavy atom. The van der Waals surface area contributed by atoms with E-state index in [1.165, 1.54) is 5.57 Å². The highest BCUT2D eigenvalue weighted by Crippen LogP contribution is 2.24. The van der Waals surface area contributed by atoms with Crippen molar-refractivity contribution < 1.29 is 14.2 Å². The molecule has 1 aromatic carbocycles. The zero-order valence-corrected chi connectivity index (χ0v) is 13.4. The van der Waals surface area contributed by atoms with E-state index in [-0.39, 0.29) is 11.9 Å². The van der Waals surface area contributed by atoms with Gasteiger partial charge in [-0.25, -0.2) is 4.39 Å². The van der Waals surface area contributed by atoms with Gasteiger partial charge in [-0.3, -0.25) is 0 Å². The molecule has 1 saturated heterocycles. The minimum absolute atomic E-state index is 0.180. The summed E-state index contributed by atoms with van der Waals surface area (Å²) in [6.07, 6.45) is 4.37. The van der Waals surface area contributed by atoms with Gasteiger partial charge in [-0.05, 0) is 42.5 Å². The monoisotopic (exact) mass is 320 g/mol. The molecule has 2 heterocycles. The first kappa shape index (κ1) is 16.4. The van der Waals surface area contributed by atoms with Crippen LogP contribution >= 0.6 is 0 Å². The number of rotatable bonds is 5. The van der Waals surface area contributed by atoms with Gasteiger partial charge in [0.05, 0.1) is 25.0 Å². The van der Waals surface area contributed by atoms with E-state index in [0.717, 1.165) is 25.1 Å². The third kappa shape index (κ3) is 4.53. The molecule has 5 heteroatoms.